The average molecular weight is 226 g/mol. The van der Waals surface area contributed by atoms with Crippen LogP contribution in [0, 0.1) is 0 Å². The minimum Gasteiger partial charge on any atom is -0.395 e. The first kappa shape index (κ1) is 12.7. The number of alkyl halides is 3. The maximum absolute atomic E-state index is 12.2. The van der Waals surface area contributed by atoms with Crippen LogP contribution in [-0.4, -0.2) is 48.0 Å². The third-order valence-corrected chi connectivity index (χ3v) is 2.47. The molecule has 1 fully saturated rings. The van der Waals surface area contributed by atoms with Gasteiger partial charge in [0.25, 0.3) is 0 Å². The van der Waals surface area contributed by atoms with Crippen LogP contribution < -0.4 is 5.73 Å². The van der Waals surface area contributed by atoms with E-state index in [2.05, 4.69) is 0 Å². The molecule has 3 N–H and O–H groups in total. The fourth-order valence-electron chi connectivity index (χ4n) is 1.48. The van der Waals surface area contributed by atoms with Crippen LogP contribution in [0.25, 0.3) is 0 Å². The van der Waals surface area contributed by atoms with Crippen molar-refractivity contribution in [1.82, 2.24) is 4.90 Å². The Labute approximate surface area is 87.0 Å². The highest BCUT2D eigenvalue weighted by atomic mass is 19.4. The molecular formula is C9H17F3N2O. The molecule has 1 rings (SSSR count). The maximum atomic E-state index is 12.2. The lowest BCUT2D eigenvalue weighted by atomic mass is 10.2. The predicted octanol–water partition coefficient (Wildman–Crippen LogP) is 0.723. The Morgan fingerprint density at radius 1 is 1.40 bits per heavy atom. The normalized spacial score (nSPS) is 19.6. The highest BCUT2D eigenvalue weighted by Crippen LogP contribution is 2.30. The van der Waals surface area contributed by atoms with Gasteiger partial charge in [-0.2, -0.15) is 13.2 Å². The third kappa shape index (κ3) is 5.34. The number of aliphatic hydroxyl groups is 1. The molecule has 0 spiro atoms. The summed E-state index contributed by atoms with van der Waals surface area (Å²) in [5.74, 6) is 0. The molecule has 0 aromatic carbocycles. The second kappa shape index (κ2) is 5.14. The van der Waals surface area contributed by atoms with E-state index in [1.54, 1.807) is 0 Å². The monoisotopic (exact) mass is 226 g/mol. The highest BCUT2D eigenvalue weighted by Gasteiger charge is 2.37. The van der Waals surface area contributed by atoms with E-state index in [4.69, 9.17) is 10.8 Å². The van der Waals surface area contributed by atoms with Crippen molar-refractivity contribution in [3.63, 3.8) is 0 Å². The van der Waals surface area contributed by atoms with Gasteiger partial charge in [-0.3, -0.25) is 4.90 Å². The molecule has 0 heterocycles. The molecule has 1 aliphatic carbocycles. The summed E-state index contributed by atoms with van der Waals surface area (Å²) in [5, 5.41) is 8.67. The molecule has 0 radical (unpaired) electrons. The fourth-order valence-corrected chi connectivity index (χ4v) is 1.48. The van der Waals surface area contributed by atoms with Crippen molar-refractivity contribution >= 4 is 0 Å². The van der Waals surface area contributed by atoms with Crippen molar-refractivity contribution < 1.29 is 18.3 Å². The van der Waals surface area contributed by atoms with Gasteiger partial charge >= 0.3 is 6.18 Å². The zero-order valence-electron chi connectivity index (χ0n) is 8.50. The molecule has 6 heteroatoms. The van der Waals surface area contributed by atoms with Gasteiger partial charge in [-0.15, -0.1) is 0 Å². The lowest BCUT2D eigenvalue weighted by Crippen LogP contribution is -2.39. The van der Waals surface area contributed by atoms with E-state index in [1.165, 1.54) is 4.90 Å². The Kier molecular flexibility index (Phi) is 4.36. The zero-order chi connectivity index (χ0) is 11.5. The molecule has 0 aromatic heterocycles. The van der Waals surface area contributed by atoms with Crippen LogP contribution in [0.3, 0.4) is 0 Å². The number of aliphatic hydroxyl groups excluding tert-OH is 1. The number of hydrogen-bond donors (Lipinski definition) is 2. The summed E-state index contributed by atoms with van der Waals surface area (Å²) < 4.78 is 36.5. The van der Waals surface area contributed by atoms with Gasteiger partial charge in [0.2, 0.25) is 0 Å². The average Bonchev–Trinajstić information content (AvgIpc) is 2.92. The van der Waals surface area contributed by atoms with Crippen LogP contribution >= 0.6 is 0 Å². The number of nitrogens with two attached hydrogens (primary N) is 1. The van der Waals surface area contributed by atoms with Crippen molar-refractivity contribution in [2.24, 2.45) is 5.73 Å². The molecule has 1 unspecified atom stereocenters. The van der Waals surface area contributed by atoms with Gasteiger partial charge in [-0.05, 0) is 19.3 Å². The first-order valence-corrected chi connectivity index (χ1v) is 5.09. The third-order valence-electron chi connectivity index (χ3n) is 2.47. The number of rotatable bonds is 6. The molecule has 3 nitrogen and oxygen atoms in total. The summed E-state index contributed by atoms with van der Waals surface area (Å²) in [6, 6.07) is -0.350. The Morgan fingerprint density at radius 2 is 2.00 bits per heavy atom. The molecule has 0 amide bonds. The second-order valence-electron chi connectivity index (χ2n) is 4.05. The van der Waals surface area contributed by atoms with E-state index >= 15 is 0 Å². The molecule has 1 saturated carbocycles. The second-order valence-corrected chi connectivity index (χ2v) is 4.05. The summed E-state index contributed by atoms with van der Waals surface area (Å²) in [5.41, 5.74) is 5.45. The van der Waals surface area contributed by atoms with E-state index in [0.717, 1.165) is 12.8 Å². The van der Waals surface area contributed by atoms with Crippen LogP contribution in [-0.2, 0) is 0 Å². The minimum absolute atomic E-state index is 0.0671. The molecular weight excluding hydrogens is 209 g/mol. The van der Waals surface area contributed by atoms with Crippen molar-refractivity contribution in [2.45, 2.75) is 37.5 Å². The molecule has 0 bridgehead atoms. The zero-order valence-corrected chi connectivity index (χ0v) is 8.50. The summed E-state index contributed by atoms with van der Waals surface area (Å²) in [7, 11) is 0. The van der Waals surface area contributed by atoms with Gasteiger partial charge in [0, 0.05) is 18.6 Å². The standard InChI is InChI=1S/C9H17F3N2O/c10-9(11,12)6-14(8-1-2-8)4-3-7(13)5-15/h7-8,15H,1-6,13H2. The van der Waals surface area contributed by atoms with Crippen LogP contribution in [0.15, 0.2) is 0 Å². The molecule has 1 atom stereocenters. The van der Waals surface area contributed by atoms with Crippen LogP contribution in [0.1, 0.15) is 19.3 Å². The predicted molar refractivity (Wildman–Crippen MR) is 50.3 cm³/mol. The van der Waals surface area contributed by atoms with E-state index < -0.39 is 18.8 Å². The first-order chi connectivity index (χ1) is 6.92. The van der Waals surface area contributed by atoms with Gasteiger partial charge in [-0.25, -0.2) is 0 Å². The van der Waals surface area contributed by atoms with Gasteiger partial charge in [0.15, 0.2) is 0 Å². The smallest absolute Gasteiger partial charge is 0.395 e. The minimum atomic E-state index is -4.15. The largest absolute Gasteiger partial charge is 0.401 e. The van der Waals surface area contributed by atoms with Gasteiger partial charge in [0.1, 0.15) is 0 Å². The Bertz CT molecular complexity index is 194. The van der Waals surface area contributed by atoms with Crippen LogP contribution in [0.4, 0.5) is 13.2 Å². The van der Waals surface area contributed by atoms with E-state index in [-0.39, 0.29) is 12.6 Å². The molecule has 1 aliphatic rings. The molecule has 15 heavy (non-hydrogen) atoms. The van der Waals surface area contributed by atoms with Crippen molar-refractivity contribution in [3.05, 3.63) is 0 Å². The fraction of sp³-hybridized carbons (Fsp3) is 1.00. The van der Waals surface area contributed by atoms with Crippen LogP contribution in [0.2, 0.25) is 0 Å². The molecule has 0 saturated heterocycles. The summed E-state index contributed by atoms with van der Waals surface area (Å²) in [6.07, 6.45) is -2.07. The number of hydrogen-bond acceptors (Lipinski definition) is 3. The Morgan fingerprint density at radius 3 is 2.40 bits per heavy atom. The van der Waals surface area contributed by atoms with Crippen molar-refractivity contribution in [2.75, 3.05) is 19.7 Å². The molecule has 0 aromatic rings. The van der Waals surface area contributed by atoms with Crippen molar-refractivity contribution in [3.8, 4) is 0 Å². The van der Waals surface area contributed by atoms with E-state index in [9.17, 15) is 13.2 Å². The van der Waals surface area contributed by atoms with Gasteiger partial charge in [-0.1, -0.05) is 0 Å². The van der Waals surface area contributed by atoms with Crippen molar-refractivity contribution in [1.29, 1.82) is 0 Å². The van der Waals surface area contributed by atoms with E-state index in [1.807, 2.05) is 0 Å². The lowest BCUT2D eigenvalue weighted by Gasteiger charge is -2.24. The summed E-state index contributed by atoms with van der Waals surface area (Å²) >= 11 is 0. The topological polar surface area (TPSA) is 49.5 Å². The lowest BCUT2D eigenvalue weighted by molar-refractivity contribution is -0.147. The Balaban J connectivity index is 2.31. The van der Waals surface area contributed by atoms with Gasteiger partial charge in [0.05, 0.1) is 13.2 Å². The number of nitrogens with zero attached hydrogens (tertiary/aromatic N) is 1. The first-order valence-electron chi connectivity index (χ1n) is 5.09. The maximum Gasteiger partial charge on any atom is 0.401 e. The highest BCUT2D eigenvalue weighted by molar-refractivity contribution is 4.86. The number of halogens is 3. The van der Waals surface area contributed by atoms with E-state index in [0.29, 0.717) is 13.0 Å². The van der Waals surface area contributed by atoms with Gasteiger partial charge < -0.3 is 10.8 Å². The SMILES string of the molecule is NC(CO)CCN(CC(F)(F)F)C1CC1. The van der Waals surface area contributed by atoms with Crippen LogP contribution in [0.5, 0.6) is 0 Å². The Hall–Kier alpha value is -0.330. The molecule has 0 aliphatic heterocycles. The quantitative estimate of drug-likeness (QED) is 0.701. The molecule has 90 valence electrons. The summed E-state index contributed by atoms with van der Waals surface area (Å²) in [4.78, 5) is 1.41. The summed E-state index contributed by atoms with van der Waals surface area (Å²) in [6.45, 7) is -0.730.